The molecule has 1 heterocycles. The molecule has 0 amide bonds. The van der Waals surface area contributed by atoms with Gasteiger partial charge in [-0.2, -0.15) is 0 Å². The van der Waals surface area contributed by atoms with E-state index in [9.17, 15) is 4.79 Å². The van der Waals surface area contributed by atoms with Crippen molar-refractivity contribution < 1.29 is 4.79 Å². The molecule has 0 atom stereocenters. The quantitative estimate of drug-likeness (QED) is 0.681. The zero-order chi connectivity index (χ0) is 13.8. The van der Waals surface area contributed by atoms with Crippen LogP contribution >= 0.6 is 35.0 Å². The van der Waals surface area contributed by atoms with Crippen LogP contribution in [0.5, 0.6) is 0 Å². The first-order chi connectivity index (χ1) is 9.13. The molecule has 2 aromatic rings. The van der Waals surface area contributed by atoms with Crippen molar-refractivity contribution in [1.82, 2.24) is 9.97 Å². The van der Waals surface area contributed by atoms with E-state index >= 15 is 0 Å². The summed E-state index contributed by atoms with van der Waals surface area (Å²) < 4.78 is 0. The number of carbonyl (C=O) groups excluding carboxylic acids is 1. The molecule has 19 heavy (non-hydrogen) atoms. The van der Waals surface area contributed by atoms with E-state index in [1.807, 2.05) is 18.4 Å². The number of aromatic nitrogens is 2. The molecular formula is C12H9Cl2N3OS. The van der Waals surface area contributed by atoms with Crippen LogP contribution in [0, 0.1) is 0 Å². The molecule has 1 aromatic carbocycles. The summed E-state index contributed by atoms with van der Waals surface area (Å²) in [6.45, 7) is 0. The second-order valence-corrected chi connectivity index (χ2v) is 5.16. The lowest BCUT2D eigenvalue weighted by molar-refractivity contribution is 0.111. The van der Waals surface area contributed by atoms with Crippen LogP contribution in [0.1, 0.15) is 10.5 Å². The summed E-state index contributed by atoms with van der Waals surface area (Å²) >= 11 is 13.4. The van der Waals surface area contributed by atoms with Crippen LogP contribution in [0.25, 0.3) is 0 Å². The van der Waals surface area contributed by atoms with Gasteiger partial charge in [0.25, 0.3) is 0 Å². The van der Waals surface area contributed by atoms with Crippen LogP contribution in [0.3, 0.4) is 0 Å². The van der Waals surface area contributed by atoms with Gasteiger partial charge in [0.1, 0.15) is 10.8 Å². The predicted octanol–water partition coefficient (Wildman–Crippen LogP) is 4.06. The van der Waals surface area contributed by atoms with E-state index in [1.54, 1.807) is 17.8 Å². The number of aldehydes is 1. The summed E-state index contributed by atoms with van der Waals surface area (Å²) in [5.41, 5.74) is 0.900. The molecule has 4 nitrogen and oxygen atoms in total. The second-order valence-electron chi connectivity index (χ2n) is 3.52. The molecule has 0 aliphatic carbocycles. The molecule has 0 bridgehead atoms. The highest BCUT2D eigenvalue weighted by molar-refractivity contribution is 7.98. The van der Waals surface area contributed by atoms with Crippen molar-refractivity contribution in [2.24, 2.45) is 0 Å². The second kappa shape index (κ2) is 6.23. The lowest BCUT2D eigenvalue weighted by Crippen LogP contribution is -2.01. The molecule has 0 unspecified atom stereocenters. The van der Waals surface area contributed by atoms with Gasteiger partial charge >= 0.3 is 0 Å². The third kappa shape index (κ3) is 3.37. The van der Waals surface area contributed by atoms with E-state index < -0.39 is 0 Å². The molecule has 1 aromatic heterocycles. The first-order valence-electron chi connectivity index (χ1n) is 5.22. The minimum absolute atomic E-state index is 0.189. The monoisotopic (exact) mass is 313 g/mol. The molecule has 0 saturated heterocycles. The van der Waals surface area contributed by atoms with Crippen molar-refractivity contribution in [3.63, 3.8) is 0 Å². The lowest BCUT2D eigenvalue weighted by Gasteiger charge is -2.09. The fraction of sp³-hybridized carbons (Fsp3) is 0.0833. The zero-order valence-electron chi connectivity index (χ0n) is 9.85. The van der Waals surface area contributed by atoms with Crippen LogP contribution in [0.15, 0.2) is 29.3 Å². The number of hydrogen-bond donors (Lipinski definition) is 1. The Morgan fingerprint density at radius 1 is 1.37 bits per heavy atom. The minimum atomic E-state index is 0.189. The van der Waals surface area contributed by atoms with Crippen LogP contribution in [0.2, 0.25) is 10.2 Å². The van der Waals surface area contributed by atoms with Crippen molar-refractivity contribution in [2.75, 3.05) is 11.6 Å². The van der Waals surface area contributed by atoms with Crippen molar-refractivity contribution in [2.45, 2.75) is 4.90 Å². The number of thioether (sulfide) groups is 1. The Balaban J connectivity index is 2.33. The standard InChI is InChI=1S/C12H9Cl2N3OS/c1-19-10-3-2-7(4-8(10)13)16-12-9(6-18)15-5-11(14)17-12/h2-6H,1H3,(H,16,17). The summed E-state index contributed by atoms with van der Waals surface area (Å²) in [5, 5.41) is 3.81. The molecule has 0 spiro atoms. The highest BCUT2D eigenvalue weighted by Gasteiger charge is 2.08. The van der Waals surface area contributed by atoms with E-state index in [0.717, 1.165) is 4.90 Å². The number of halogens is 2. The summed E-state index contributed by atoms with van der Waals surface area (Å²) in [4.78, 5) is 19.8. The number of rotatable bonds is 4. The molecule has 98 valence electrons. The number of carbonyl (C=O) groups is 1. The van der Waals surface area contributed by atoms with Crippen molar-refractivity contribution in [3.8, 4) is 0 Å². The molecule has 1 N–H and O–H groups in total. The molecule has 0 fully saturated rings. The number of anilines is 2. The fourth-order valence-corrected chi connectivity index (χ4v) is 2.44. The van der Waals surface area contributed by atoms with E-state index in [2.05, 4.69) is 15.3 Å². The summed E-state index contributed by atoms with van der Waals surface area (Å²) in [7, 11) is 0. The van der Waals surface area contributed by atoms with E-state index in [1.165, 1.54) is 6.20 Å². The highest BCUT2D eigenvalue weighted by Crippen LogP contribution is 2.29. The summed E-state index contributed by atoms with van der Waals surface area (Å²) in [5.74, 6) is 0.301. The van der Waals surface area contributed by atoms with Gasteiger partial charge in [0.05, 0.1) is 11.2 Å². The number of hydrogen-bond acceptors (Lipinski definition) is 5. The first-order valence-corrected chi connectivity index (χ1v) is 7.20. The van der Waals surface area contributed by atoms with E-state index in [4.69, 9.17) is 23.2 Å². The first kappa shape index (κ1) is 14.1. The van der Waals surface area contributed by atoms with Gasteiger partial charge in [-0.05, 0) is 24.5 Å². The Morgan fingerprint density at radius 2 is 2.16 bits per heavy atom. The van der Waals surface area contributed by atoms with Crippen LogP contribution in [-0.2, 0) is 0 Å². The van der Waals surface area contributed by atoms with Gasteiger partial charge < -0.3 is 5.32 Å². The third-order valence-corrected chi connectivity index (χ3v) is 3.70. The van der Waals surface area contributed by atoms with Gasteiger partial charge in [-0.1, -0.05) is 23.2 Å². The van der Waals surface area contributed by atoms with Crippen LogP contribution in [0.4, 0.5) is 11.5 Å². The molecule has 0 aliphatic heterocycles. The molecular weight excluding hydrogens is 305 g/mol. The van der Waals surface area contributed by atoms with Crippen LogP contribution < -0.4 is 5.32 Å². The highest BCUT2D eigenvalue weighted by atomic mass is 35.5. The maximum absolute atomic E-state index is 10.9. The Morgan fingerprint density at radius 3 is 2.79 bits per heavy atom. The fourth-order valence-electron chi connectivity index (χ4n) is 1.44. The van der Waals surface area contributed by atoms with Gasteiger partial charge in [0.2, 0.25) is 0 Å². The molecule has 7 heteroatoms. The Bertz CT molecular complexity index is 622. The van der Waals surface area contributed by atoms with Crippen molar-refractivity contribution >= 4 is 52.8 Å². The molecule has 2 rings (SSSR count). The molecule has 0 saturated carbocycles. The number of benzene rings is 1. The predicted molar refractivity (Wildman–Crippen MR) is 78.9 cm³/mol. The average Bonchev–Trinajstić information content (AvgIpc) is 2.39. The maximum atomic E-state index is 10.9. The van der Waals surface area contributed by atoms with Gasteiger partial charge in [0, 0.05) is 10.6 Å². The number of nitrogens with zero attached hydrogens (tertiary/aromatic N) is 2. The Kier molecular flexibility index (Phi) is 4.63. The smallest absolute Gasteiger partial charge is 0.172 e. The molecule has 0 radical (unpaired) electrons. The Hall–Kier alpha value is -1.30. The largest absolute Gasteiger partial charge is 0.338 e. The summed E-state index contributed by atoms with van der Waals surface area (Å²) in [6, 6.07) is 5.48. The van der Waals surface area contributed by atoms with E-state index in [-0.39, 0.29) is 10.8 Å². The summed E-state index contributed by atoms with van der Waals surface area (Å²) in [6.07, 6.45) is 3.88. The normalized spacial score (nSPS) is 10.3. The maximum Gasteiger partial charge on any atom is 0.172 e. The van der Waals surface area contributed by atoms with Crippen molar-refractivity contribution in [3.05, 3.63) is 40.3 Å². The SMILES string of the molecule is CSc1ccc(Nc2nc(Cl)cnc2C=O)cc1Cl. The number of nitrogens with one attached hydrogen (secondary N) is 1. The average molecular weight is 314 g/mol. The third-order valence-electron chi connectivity index (χ3n) is 2.30. The van der Waals surface area contributed by atoms with Crippen LogP contribution in [-0.4, -0.2) is 22.5 Å². The molecule has 0 aliphatic rings. The topological polar surface area (TPSA) is 54.9 Å². The minimum Gasteiger partial charge on any atom is -0.338 e. The van der Waals surface area contributed by atoms with E-state index in [0.29, 0.717) is 22.8 Å². The zero-order valence-corrected chi connectivity index (χ0v) is 12.2. The van der Waals surface area contributed by atoms with Gasteiger partial charge in [-0.3, -0.25) is 4.79 Å². The van der Waals surface area contributed by atoms with Gasteiger partial charge in [-0.15, -0.1) is 11.8 Å². The van der Waals surface area contributed by atoms with Crippen molar-refractivity contribution in [1.29, 1.82) is 0 Å². The van der Waals surface area contributed by atoms with Gasteiger partial charge in [-0.25, -0.2) is 9.97 Å². The van der Waals surface area contributed by atoms with Gasteiger partial charge in [0.15, 0.2) is 12.1 Å². The lowest BCUT2D eigenvalue weighted by atomic mass is 10.3. The Labute approximate surface area is 124 Å².